The van der Waals surface area contributed by atoms with Gasteiger partial charge in [0.1, 0.15) is 5.69 Å². The summed E-state index contributed by atoms with van der Waals surface area (Å²) in [5.41, 5.74) is 2.47. The minimum Gasteiger partial charge on any atom is -0.359 e. The van der Waals surface area contributed by atoms with Gasteiger partial charge in [-0.1, -0.05) is 71.5 Å². The van der Waals surface area contributed by atoms with Gasteiger partial charge >= 0.3 is 0 Å². The second kappa shape index (κ2) is 8.20. The molecule has 2 heterocycles. The maximum atomic E-state index is 12.2. The van der Waals surface area contributed by atoms with Crippen LogP contribution in [0.2, 0.25) is 0 Å². The van der Waals surface area contributed by atoms with E-state index in [0.717, 1.165) is 10.6 Å². The van der Waals surface area contributed by atoms with E-state index in [0.29, 0.717) is 28.3 Å². The standard InChI is InChI=1S/C21H17N3O3S2/c22-29(25,26)18-11-5-4-10-16(18)20-17(14-28-19-12-6-7-13-23-19)27-24-21(20)15-8-2-1-3-9-15/h1-13H,14H2,(H2,22,25,26). The highest BCUT2D eigenvalue weighted by Crippen LogP contribution is 2.39. The minimum absolute atomic E-state index is 0.0319. The van der Waals surface area contributed by atoms with E-state index in [1.165, 1.54) is 17.8 Å². The third-order valence-electron chi connectivity index (χ3n) is 4.26. The Morgan fingerprint density at radius 3 is 2.38 bits per heavy atom. The molecule has 0 amide bonds. The van der Waals surface area contributed by atoms with Crippen molar-refractivity contribution >= 4 is 21.8 Å². The first-order valence-electron chi connectivity index (χ1n) is 8.74. The zero-order valence-corrected chi connectivity index (χ0v) is 16.9. The number of benzene rings is 2. The molecule has 0 spiro atoms. The highest BCUT2D eigenvalue weighted by Gasteiger charge is 2.24. The van der Waals surface area contributed by atoms with Crippen LogP contribution in [-0.4, -0.2) is 18.6 Å². The van der Waals surface area contributed by atoms with Crippen molar-refractivity contribution in [2.24, 2.45) is 5.14 Å². The second-order valence-corrected chi connectivity index (χ2v) is 8.72. The van der Waals surface area contributed by atoms with Gasteiger partial charge in [0.25, 0.3) is 0 Å². The molecule has 2 aromatic heterocycles. The summed E-state index contributed by atoms with van der Waals surface area (Å²) in [7, 11) is -3.93. The van der Waals surface area contributed by atoms with Crippen molar-refractivity contribution < 1.29 is 12.9 Å². The Kier molecular flexibility index (Phi) is 5.48. The van der Waals surface area contributed by atoms with Gasteiger partial charge in [0.15, 0.2) is 5.76 Å². The number of nitrogens with zero attached hydrogens (tertiary/aromatic N) is 2. The summed E-state index contributed by atoms with van der Waals surface area (Å²) in [5, 5.41) is 10.6. The molecule has 0 fully saturated rings. The molecule has 146 valence electrons. The number of sulfonamides is 1. The number of pyridine rings is 1. The van der Waals surface area contributed by atoms with Gasteiger partial charge in [0.05, 0.1) is 21.2 Å². The minimum atomic E-state index is -3.93. The monoisotopic (exact) mass is 423 g/mol. The average Bonchev–Trinajstić information content (AvgIpc) is 3.17. The van der Waals surface area contributed by atoms with Crippen LogP contribution in [0, 0.1) is 0 Å². The predicted octanol–water partition coefficient (Wildman–Crippen LogP) is 4.34. The Morgan fingerprint density at radius 1 is 0.931 bits per heavy atom. The third-order valence-corrected chi connectivity index (χ3v) is 6.17. The van der Waals surface area contributed by atoms with E-state index in [-0.39, 0.29) is 4.90 Å². The van der Waals surface area contributed by atoms with Gasteiger partial charge < -0.3 is 4.52 Å². The third kappa shape index (κ3) is 4.24. The fraction of sp³-hybridized carbons (Fsp3) is 0.0476. The van der Waals surface area contributed by atoms with Gasteiger partial charge in [-0.3, -0.25) is 0 Å². The Morgan fingerprint density at radius 2 is 1.66 bits per heavy atom. The summed E-state index contributed by atoms with van der Waals surface area (Å²) < 4.78 is 30.1. The maximum absolute atomic E-state index is 12.2. The molecular weight excluding hydrogens is 406 g/mol. The van der Waals surface area contributed by atoms with Crippen LogP contribution in [0.5, 0.6) is 0 Å². The van der Waals surface area contributed by atoms with Crippen LogP contribution in [-0.2, 0) is 15.8 Å². The molecule has 0 bridgehead atoms. The highest BCUT2D eigenvalue weighted by molar-refractivity contribution is 7.98. The summed E-state index contributed by atoms with van der Waals surface area (Å²) in [6.07, 6.45) is 1.72. The van der Waals surface area contributed by atoms with Crippen molar-refractivity contribution in [1.82, 2.24) is 10.1 Å². The maximum Gasteiger partial charge on any atom is 0.238 e. The van der Waals surface area contributed by atoms with Crippen molar-refractivity contribution in [2.45, 2.75) is 15.7 Å². The number of primary sulfonamides is 1. The molecule has 0 radical (unpaired) electrons. The second-order valence-electron chi connectivity index (χ2n) is 6.19. The molecule has 2 N–H and O–H groups in total. The zero-order valence-electron chi connectivity index (χ0n) is 15.2. The lowest BCUT2D eigenvalue weighted by molar-refractivity contribution is 0.397. The lowest BCUT2D eigenvalue weighted by atomic mass is 9.99. The molecular formula is C21H17N3O3S2. The van der Waals surface area contributed by atoms with Crippen molar-refractivity contribution in [3.63, 3.8) is 0 Å². The largest absolute Gasteiger partial charge is 0.359 e. The van der Waals surface area contributed by atoms with Crippen LogP contribution >= 0.6 is 11.8 Å². The van der Waals surface area contributed by atoms with Crippen molar-refractivity contribution in [2.75, 3.05) is 0 Å². The first-order valence-corrected chi connectivity index (χ1v) is 11.3. The Labute approximate surface area is 172 Å². The summed E-state index contributed by atoms with van der Waals surface area (Å²) in [4.78, 5) is 4.33. The summed E-state index contributed by atoms with van der Waals surface area (Å²) in [5.74, 6) is 0.987. The molecule has 2 aromatic carbocycles. The lowest BCUT2D eigenvalue weighted by Crippen LogP contribution is -2.13. The SMILES string of the molecule is NS(=O)(=O)c1ccccc1-c1c(-c2ccccc2)noc1CSc1ccccn1. The molecule has 8 heteroatoms. The number of thioether (sulfide) groups is 1. The molecule has 0 unspecified atom stereocenters. The van der Waals surface area contributed by atoms with Gasteiger partial charge in [-0.15, -0.1) is 0 Å². The Bertz CT molecular complexity index is 1220. The van der Waals surface area contributed by atoms with Crippen LogP contribution in [0.3, 0.4) is 0 Å². The molecule has 6 nitrogen and oxygen atoms in total. The van der Waals surface area contributed by atoms with E-state index in [9.17, 15) is 8.42 Å². The smallest absolute Gasteiger partial charge is 0.238 e. The van der Waals surface area contributed by atoms with E-state index in [4.69, 9.17) is 9.66 Å². The molecule has 0 aliphatic carbocycles. The van der Waals surface area contributed by atoms with Gasteiger partial charge in [0, 0.05) is 17.3 Å². The van der Waals surface area contributed by atoms with Crippen LogP contribution in [0.4, 0.5) is 0 Å². The Hall–Kier alpha value is -2.94. The number of aromatic nitrogens is 2. The zero-order chi connectivity index (χ0) is 20.3. The molecule has 0 aliphatic heterocycles. The summed E-state index contributed by atoms with van der Waals surface area (Å²) in [6.45, 7) is 0. The van der Waals surface area contributed by atoms with E-state index in [1.807, 2.05) is 48.5 Å². The summed E-state index contributed by atoms with van der Waals surface area (Å²) >= 11 is 1.48. The number of hydrogen-bond acceptors (Lipinski definition) is 6. The van der Waals surface area contributed by atoms with Gasteiger partial charge in [-0.25, -0.2) is 18.5 Å². The first kappa shape index (κ1) is 19.4. The van der Waals surface area contributed by atoms with Crippen molar-refractivity contribution in [3.8, 4) is 22.4 Å². The fourth-order valence-corrected chi connectivity index (χ4v) is 4.52. The van der Waals surface area contributed by atoms with Crippen molar-refractivity contribution in [3.05, 3.63) is 84.8 Å². The highest BCUT2D eigenvalue weighted by atomic mass is 32.2. The molecule has 0 saturated carbocycles. The average molecular weight is 424 g/mol. The topological polar surface area (TPSA) is 99.1 Å². The molecule has 29 heavy (non-hydrogen) atoms. The number of rotatable bonds is 6. The normalized spacial score (nSPS) is 11.5. The molecule has 4 aromatic rings. The van der Waals surface area contributed by atoms with E-state index >= 15 is 0 Å². The van der Waals surface area contributed by atoms with Crippen LogP contribution in [0.15, 0.2) is 93.4 Å². The van der Waals surface area contributed by atoms with Gasteiger partial charge in [-0.2, -0.15) is 0 Å². The van der Waals surface area contributed by atoms with Crippen LogP contribution in [0.25, 0.3) is 22.4 Å². The molecule has 0 atom stereocenters. The van der Waals surface area contributed by atoms with Gasteiger partial charge in [-0.05, 0) is 18.2 Å². The number of hydrogen-bond donors (Lipinski definition) is 1. The molecule has 4 rings (SSSR count). The number of nitrogens with two attached hydrogens (primary N) is 1. The lowest BCUT2D eigenvalue weighted by Gasteiger charge is -2.09. The van der Waals surface area contributed by atoms with Gasteiger partial charge in [0.2, 0.25) is 10.0 Å². The van der Waals surface area contributed by atoms with Crippen LogP contribution in [0.1, 0.15) is 5.76 Å². The summed E-state index contributed by atoms with van der Waals surface area (Å²) in [6, 6.07) is 21.7. The van der Waals surface area contributed by atoms with E-state index < -0.39 is 10.0 Å². The fourth-order valence-electron chi connectivity index (χ4n) is 2.99. The first-order chi connectivity index (χ1) is 14.0. The predicted molar refractivity (Wildman–Crippen MR) is 113 cm³/mol. The van der Waals surface area contributed by atoms with E-state index in [1.54, 1.807) is 24.4 Å². The quantitative estimate of drug-likeness (QED) is 0.463. The van der Waals surface area contributed by atoms with E-state index in [2.05, 4.69) is 10.1 Å². The Balaban J connectivity index is 1.85. The molecule has 0 aliphatic rings. The molecule has 0 saturated heterocycles. The van der Waals surface area contributed by atoms with Crippen molar-refractivity contribution in [1.29, 1.82) is 0 Å². The van der Waals surface area contributed by atoms with Crippen LogP contribution < -0.4 is 5.14 Å².